The lowest BCUT2D eigenvalue weighted by atomic mass is 10.0. The molecule has 1 N–H and O–H groups in total. The van der Waals surface area contributed by atoms with Gasteiger partial charge in [-0.1, -0.05) is 13.3 Å². The number of furan rings is 1. The number of rotatable bonds is 6. The lowest BCUT2D eigenvalue weighted by Crippen LogP contribution is -2.42. The predicted octanol–water partition coefficient (Wildman–Crippen LogP) is 3.24. The molecule has 0 aromatic carbocycles. The third-order valence-corrected chi connectivity index (χ3v) is 4.19. The summed E-state index contributed by atoms with van der Waals surface area (Å²) in [4.78, 5) is 2.59. The minimum Gasteiger partial charge on any atom is -0.454 e. The Morgan fingerprint density at radius 2 is 2.17 bits per heavy atom. The first-order chi connectivity index (χ1) is 8.78. The highest BCUT2D eigenvalue weighted by Gasteiger charge is 2.18. The van der Waals surface area contributed by atoms with Gasteiger partial charge in [-0.2, -0.15) is 0 Å². The fourth-order valence-electron chi connectivity index (χ4n) is 2.43. The van der Waals surface area contributed by atoms with Crippen LogP contribution in [0.5, 0.6) is 0 Å². The monoisotopic (exact) mass is 362 g/mol. The van der Waals surface area contributed by atoms with E-state index in [9.17, 15) is 0 Å². The number of hydrogen-bond acceptors (Lipinski definition) is 3. The van der Waals surface area contributed by atoms with Crippen LogP contribution in [0.25, 0.3) is 0 Å². The van der Waals surface area contributed by atoms with Crippen molar-refractivity contribution in [3.05, 3.63) is 21.7 Å². The normalized spacial score (nSPS) is 18.3. The molecule has 2 heterocycles. The molecule has 1 fully saturated rings. The molecule has 1 aliphatic heterocycles. The summed E-state index contributed by atoms with van der Waals surface area (Å²) in [6.07, 6.45) is 5.17. The van der Waals surface area contributed by atoms with Gasteiger partial charge in [-0.25, -0.2) is 0 Å². The molecule has 0 aliphatic carbocycles. The van der Waals surface area contributed by atoms with Gasteiger partial charge >= 0.3 is 0 Å². The third-order valence-electron chi connectivity index (χ3n) is 3.61. The maximum absolute atomic E-state index is 5.56. The van der Waals surface area contributed by atoms with E-state index in [0.717, 1.165) is 16.1 Å². The average Bonchev–Trinajstić information content (AvgIpc) is 2.81. The highest BCUT2D eigenvalue weighted by Crippen LogP contribution is 2.13. The van der Waals surface area contributed by atoms with Gasteiger partial charge in [0, 0.05) is 6.04 Å². The van der Waals surface area contributed by atoms with Gasteiger partial charge in [0.05, 0.1) is 6.54 Å². The number of unbranched alkanes of at least 4 members (excludes halogenated alkanes) is 1. The van der Waals surface area contributed by atoms with E-state index in [4.69, 9.17) is 4.42 Å². The SMILES string of the molecule is CCCCN1CCC(NCc2ccc(I)o2)CC1. The zero-order valence-electron chi connectivity index (χ0n) is 11.1. The molecule has 0 bridgehead atoms. The average molecular weight is 362 g/mol. The van der Waals surface area contributed by atoms with E-state index in [0.29, 0.717) is 6.04 Å². The minimum atomic E-state index is 0.658. The second-order valence-electron chi connectivity index (χ2n) is 5.06. The van der Waals surface area contributed by atoms with Crippen LogP contribution >= 0.6 is 22.6 Å². The summed E-state index contributed by atoms with van der Waals surface area (Å²) >= 11 is 2.21. The van der Waals surface area contributed by atoms with E-state index in [-0.39, 0.29) is 0 Å². The van der Waals surface area contributed by atoms with Gasteiger partial charge in [-0.3, -0.25) is 0 Å². The summed E-state index contributed by atoms with van der Waals surface area (Å²) in [7, 11) is 0. The number of nitrogens with zero attached hydrogens (tertiary/aromatic N) is 1. The first-order valence-corrected chi connectivity index (χ1v) is 8.05. The van der Waals surface area contributed by atoms with Crippen LogP contribution in [-0.4, -0.2) is 30.6 Å². The van der Waals surface area contributed by atoms with Gasteiger partial charge in [-0.15, -0.1) is 0 Å². The summed E-state index contributed by atoms with van der Waals surface area (Å²) in [6.45, 7) is 6.89. The molecule has 4 heteroatoms. The Bertz CT molecular complexity index is 345. The largest absolute Gasteiger partial charge is 0.454 e. The molecule has 0 radical (unpaired) electrons. The molecule has 1 aliphatic rings. The summed E-state index contributed by atoms with van der Waals surface area (Å²) in [5.41, 5.74) is 0. The summed E-state index contributed by atoms with van der Waals surface area (Å²) in [5, 5.41) is 3.60. The lowest BCUT2D eigenvalue weighted by Gasteiger charge is -2.32. The fraction of sp³-hybridized carbons (Fsp3) is 0.714. The lowest BCUT2D eigenvalue weighted by molar-refractivity contribution is 0.193. The molecular formula is C14H23IN2O. The van der Waals surface area contributed by atoms with E-state index < -0.39 is 0 Å². The first-order valence-electron chi connectivity index (χ1n) is 6.98. The predicted molar refractivity (Wildman–Crippen MR) is 82.6 cm³/mol. The highest BCUT2D eigenvalue weighted by molar-refractivity contribution is 14.1. The summed E-state index contributed by atoms with van der Waals surface area (Å²) in [6, 6.07) is 4.74. The van der Waals surface area contributed by atoms with E-state index in [1.165, 1.54) is 45.3 Å². The molecule has 1 aromatic heterocycles. The molecule has 0 unspecified atom stereocenters. The van der Waals surface area contributed by atoms with Gasteiger partial charge in [0.15, 0.2) is 3.77 Å². The number of halogens is 1. The van der Waals surface area contributed by atoms with Crippen molar-refractivity contribution in [3.8, 4) is 0 Å². The van der Waals surface area contributed by atoms with Crippen molar-refractivity contribution >= 4 is 22.6 Å². The molecule has 3 nitrogen and oxygen atoms in total. The second kappa shape index (κ2) is 7.50. The molecule has 18 heavy (non-hydrogen) atoms. The molecule has 2 rings (SSSR count). The van der Waals surface area contributed by atoms with Crippen molar-refractivity contribution in [2.24, 2.45) is 0 Å². The molecule has 102 valence electrons. The molecule has 0 spiro atoms. The Labute approximate surface area is 123 Å². The quantitative estimate of drug-likeness (QED) is 0.788. The molecular weight excluding hydrogens is 339 g/mol. The minimum absolute atomic E-state index is 0.658. The van der Waals surface area contributed by atoms with Crippen LogP contribution in [0.1, 0.15) is 38.4 Å². The van der Waals surface area contributed by atoms with Gasteiger partial charge in [0.1, 0.15) is 5.76 Å². The van der Waals surface area contributed by atoms with Crippen LogP contribution in [0.15, 0.2) is 16.5 Å². The number of nitrogens with one attached hydrogen (secondary N) is 1. The van der Waals surface area contributed by atoms with Crippen LogP contribution in [0.4, 0.5) is 0 Å². The van der Waals surface area contributed by atoms with Gasteiger partial charge in [-0.05, 0) is 73.6 Å². The zero-order chi connectivity index (χ0) is 12.8. The first kappa shape index (κ1) is 14.3. The summed E-state index contributed by atoms with van der Waals surface area (Å²) in [5.74, 6) is 1.05. The molecule has 1 saturated heterocycles. The summed E-state index contributed by atoms with van der Waals surface area (Å²) < 4.78 is 6.53. The van der Waals surface area contributed by atoms with Crippen molar-refractivity contribution in [2.45, 2.75) is 45.2 Å². The van der Waals surface area contributed by atoms with Crippen molar-refractivity contribution in [1.29, 1.82) is 0 Å². The van der Waals surface area contributed by atoms with Crippen LogP contribution in [0, 0.1) is 3.77 Å². The van der Waals surface area contributed by atoms with Crippen molar-refractivity contribution in [1.82, 2.24) is 10.2 Å². The zero-order valence-corrected chi connectivity index (χ0v) is 13.3. The Hall–Kier alpha value is -0.0700. The van der Waals surface area contributed by atoms with E-state index >= 15 is 0 Å². The Balaban J connectivity index is 1.64. The van der Waals surface area contributed by atoms with Gasteiger partial charge in [0.2, 0.25) is 0 Å². The maximum atomic E-state index is 5.56. The number of hydrogen-bond donors (Lipinski definition) is 1. The topological polar surface area (TPSA) is 28.4 Å². The van der Waals surface area contributed by atoms with Gasteiger partial charge < -0.3 is 14.6 Å². The van der Waals surface area contributed by atoms with Crippen LogP contribution in [-0.2, 0) is 6.54 Å². The second-order valence-corrected chi connectivity index (χ2v) is 6.12. The van der Waals surface area contributed by atoms with Crippen molar-refractivity contribution in [2.75, 3.05) is 19.6 Å². The van der Waals surface area contributed by atoms with E-state index in [2.05, 4.69) is 45.8 Å². The Morgan fingerprint density at radius 1 is 1.39 bits per heavy atom. The van der Waals surface area contributed by atoms with E-state index in [1.54, 1.807) is 0 Å². The van der Waals surface area contributed by atoms with Gasteiger partial charge in [0.25, 0.3) is 0 Å². The number of likely N-dealkylation sites (tertiary alicyclic amines) is 1. The van der Waals surface area contributed by atoms with Crippen molar-refractivity contribution < 1.29 is 4.42 Å². The molecule has 1 aromatic rings. The highest BCUT2D eigenvalue weighted by atomic mass is 127. The smallest absolute Gasteiger partial charge is 0.164 e. The number of piperidine rings is 1. The Kier molecular flexibility index (Phi) is 5.98. The fourth-order valence-corrected chi connectivity index (χ4v) is 2.90. The Morgan fingerprint density at radius 3 is 2.78 bits per heavy atom. The molecule has 0 atom stereocenters. The van der Waals surface area contributed by atoms with Crippen molar-refractivity contribution in [3.63, 3.8) is 0 Å². The molecule has 0 saturated carbocycles. The van der Waals surface area contributed by atoms with Crippen LogP contribution in [0.2, 0.25) is 0 Å². The van der Waals surface area contributed by atoms with Crippen LogP contribution < -0.4 is 5.32 Å². The van der Waals surface area contributed by atoms with E-state index in [1.807, 2.05) is 6.07 Å². The van der Waals surface area contributed by atoms with Crippen LogP contribution in [0.3, 0.4) is 0 Å². The standard InChI is InChI=1S/C14H23IN2O/c1-2-3-8-17-9-6-12(7-10-17)16-11-13-4-5-14(15)18-13/h4-5,12,16H,2-3,6-11H2,1H3. The third kappa shape index (κ3) is 4.55. The molecule has 0 amide bonds. The maximum Gasteiger partial charge on any atom is 0.164 e.